The van der Waals surface area contributed by atoms with E-state index in [0.29, 0.717) is 10.7 Å². The van der Waals surface area contributed by atoms with Crippen LogP contribution in [-0.4, -0.2) is 71.3 Å². The minimum absolute atomic E-state index is 0.108. The molecule has 8 nitrogen and oxygen atoms in total. The fourth-order valence-corrected chi connectivity index (χ4v) is 6.01. The van der Waals surface area contributed by atoms with E-state index >= 15 is 0 Å². The molecule has 1 N–H and O–H groups in total. The lowest BCUT2D eigenvalue weighted by Gasteiger charge is -2.39. The Bertz CT molecular complexity index is 1090. The van der Waals surface area contributed by atoms with Gasteiger partial charge in [0.15, 0.2) is 0 Å². The van der Waals surface area contributed by atoms with Gasteiger partial charge in [0.2, 0.25) is 5.91 Å². The molecule has 6 atom stereocenters. The highest BCUT2D eigenvalue weighted by Gasteiger charge is 2.72. The van der Waals surface area contributed by atoms with Gasteiger partial charge in [0.1, 0.15) is 24.2 Å². The van der Waals surface area contributed by atoms with E-state index in [2.05, 4.69) is 0 Å². The zero-order valence-corrected chi connectivity index (χ0v) is 19.7. The normalized spacial score (nSPS) is 33.4. The number of halogens is 1. The Morgan fingerprint density at radius 1 is 1.18 bits per heavy atom. The molecule has 0 saturated carbocycles. The monoisotopic (exact) mass is 486 g/mol. The Morgan fingerprint density at radius 3 is 2.65 bits per heavy atom. The highest BCUT2D eigenvalue weighted by Crippen LogP contribution is 2.54. The molecule has 9 heteroatoms. The predicted octanol–water partition coefficient (Wildman–Crippen LogP) is 1.95. The van der Waals surface area contributed by atoms with Crippen LogP contribution < -0.4 is 4.90 Å². The van der Waals surface area contributed by atoms with Crippen molar-refractivity contribution in [3.8, 4) is 0 Å². The average Bonchev–Trinajstić information content (AvgIpc) is 3.10. The Balaban J connectivity index is 1.68. The van der Waals surface area contributed by atoms with Crippen LogP contribution in [0.2, 0.25) is 5.02 Å². The number of esters is 1. The molecular formula is C25H27ClN2O6. The van der Waals surface area contributed by atoms with E-state index in [0.717, 1.165) is 0 Å². The van der Waals surface area contributed by atoms with Gasteiger partial charge in [0, 0.05) is 6.54 Å². The number of likely N-dealkylation sites (tertiary alicyclic amines) is 1. The molecule has 4 aliphatic rings. The molecule has 4 aliphatic heterocycles. The van der Waals surface area contributed by atoms with Gasteiger partial charge in [-0.25, -0.2) is 0 Å². The molecule has 0 bridgehead atoms. The lowest BCUT2D eigenvalue weighted by molar-refractivity contribution is -0.154. The zero-order chi connectivity index (χ0) is 24.2. The third-order valence-electron chi connectivity index (χ3n) is 7.31. The summed E-state index contributed by atoms with van der Waals surface area (Å²) >= 11 is 6.43. The fraction of sp³-hybridized carbons (Fsp3) is 0.480. The van der Waals surface area contributed by atoms with Crippen LogP contribution in [0.5, 0.6) is 0 Å². The van der Waals surface area contributed by atoms with E-state index in [-0.39, 0.29) is 31.6 Å². The second-order valence-corrected chi connectivity index (χ2v) is 9.85. The molecule has 2 saturated heterocycles. The van der Waals surface area contributed by atoms with Crippen LogP contribution in [-0.2, 0) is 23.9 Å². The first-order valence-corrected chi connectivity index (χ1v) is 11.9. The summed E-state index contributed by atoms with van der Waals surface area (Å²) in [6, 6.07) is 5.30. The molecule has 1 unspecified atom stereocenters. The first kappa shape index (κ1) is 23.1. The van der Waals surface area contributed by atoms with Gasteiger partial charge in [-0.05, 0) is 24.1 Å². The number of fused-ring (bicyclic) bond motifs is 2. The van der Waals surface area contributed by atoms with E-state index in [4.69, 9.17) is 21.1 Å². The SMILES string of the molecule is CC(C)[C@H](CO)N1C(=O)[C@@H]2[C@H]3C(=O)OCC=C[C@H]3O[C@@]23C=CCN(c2ccccc2Cl)C(=O)C13. The number of aliphatic hydroxyl groups is 1. The highest BCUT2D eigenvalue weighted by molar-refractivity contribution is 6.34. The standard InChI is InChI=1S/C25H27ClN2O6/c1-14(2)17(13-29)28-21-23(31)27(16-8-4-3-7-15(16)26)11-6-10-25(21)20(22(28)30)19-18(34-25)9-5-12-33-24(19)32/h3-10,14,17-21,29H,11-13H2,1-2H3/t17-,18+,19-,20-,21?,25-/m0/s1. The number of anilines is 1. The summed E-state index contributed by atoms with van der Waals surface area (Å²) in [5, 5.41) is 10.6. The number of nitrogens with zero attached hydrogens (tertiary/aromatic N) is 2. The first-order valence-electron chi connectivity index (χ1n) is 11.5. The Kier molecular flexibility index (Phi) is 5.78. The van der Waals surface area contributed by atoms with Crippen molar-refractivity contribution < 1.29 is 29.0 Å². The van der Waals surface area contributed by atoms with Crippen LogP contribution in [0.1, 0.15) is 13.8 Å². The number of hydrogen-bond donors (Lipinski definition) is 1. The number of aliphatic hydroxyl groups excluding tert-OH is 1. The maximum absolute atomic E-state index is 14.2. The summed E-state index contributed by atoms with van der Waals surface area (Å²) in [6.07, 6.45) is 6.27. The van der Waals surface area contributed by atoms with Crippen molar-refractivity contribution in [3.63, 3.8) is 0 Å². The second-order valence-electron chi connectivity index (χ2n) is 9.44. The quantitative estimate of drug-likeness (QED) is 0.516. The average molecular weight is 487 g/mol. The summed E-state index contributed by atoms with van der Waals surface area (Å²) < 4.78 is 11.8. The van der Waals surface area contributed by atoms with Crippen LogP contribution in [0.25, 0.3) is 0 Å². The topological polar surface area (TPSA) is 96.4 Å². The molecule has 1 aromatic carbocycles. The molecule has 5 rings (SSSR count). The zero-order valence-electron chi connectivity index (χ0n) is 19.0. The van der Waals surface area contributed by atoms with E-state index < -0.39 is 47.5 Å². The van der Waals surface area contributed by atoms with Crippen molar-refractivity contribution in [1.29, 1.82) is 0 Å². The van der Waals surface area contributed by atoms with Gasteiger partial charge in [0.05, 0.1) is 35.4 Å². The van der Waals surface area contributed by atoms with E-state index in [9.17, 15) is 19.5 Å². The molecule has 1 spiro atoms. The fourth-order valence-electron chi connectivity index (χ4n) is 5.77. The van der Waals surface area contributed by atoms with Crippen molar-refractivity contribution >= 4 is 35.1 Å². The summed E-state index contributed by atoms with van der Waals surface area (Å²) in [4.78, 5) is 44.1. The van der Waals surface area contributed by atoms with Crippen LogP contribution >= 0.6 is 11.6 Å². The number of cyclic esters (lactones) is 1. The van der Waals surface area contributed by atoms with Gasteiger partial charge < -0.3 is 24.4 Å². The van der Waals surface area contributed by atoms with Gasteiger partial charge in [-0.3, -0.25) is 14.4 Å². The maximum Gasteiger partial charge on any atom is 0.313 e. The van der Waals surface area contributed by atoms with Crippen molar-refractivity contribution in [3.05, 3.63) is 53.6 Å². The number of amides is 2. The summed E-state index contributed by atoms with van der Waals surface area (Å²) in [5.74, 6) is -3.26. The predicted molar refractivity (Wildman–Crippen MR) is 124 cm³/mol. The van der Waals surface area contributed by atoms with Crippen molar-refractivity contribution in [2.24, 2.45) is 17.8 Å². The number of benzene rings is 1. The Morgan fingerprint density at radius 2 is 1.94 bits per heavy atom. The van der Waals surface area contributed by atoms with Crippen molar-refractivity contribution in [1.82, 2.24) is 4.90 Å². The van der Waals surface area contributed by atoms with Crippen LogP contribution in [0.15, 0.2) is 48.6 Å². The van der Waals surface area contributed by atoms with Crippen molar-refractivity contribution in [2.75, 3.05) is 24.7 Å². The lowest BCUT2D eigenvalue weighted by atomic mass is 9.78. The molecule has 34 heavy (non-hydrogen) atoms. The van der Waals surface area contributed by atoms with Gasteiger partial charge in [0.25, 0.3) is 5.91 Å². The van der Waals surface area contributed by atoms with Gasteiger partial charge in [-0.1, -0.05) is 55.8 Å². The highest BCUT2D eigenvalue weighted by atomic mass is 35.5. The molecular weight excluding hydrogens is 460 g/mol. The third kappa shape index (κ3) is 3.23. The van der Waals surface area contributed by atoms with Crippen molar-refractivity contribution in [2.45, 2.75) is 37.6 Å². The van der Waals surface area contributed by atoms with Gasteiger partial charge in [-0.2, -0.15) is 0 Å². The maximum atomic E-state index is 14.2. The van der Waals surface area contributed by atoms with E-state index in [1.165, 1.54) is 9.80 Å². The van der Waals surface area contributed by atoms with Crippen LogP contribution in [0, 0.1) is 17.8 Å². The summed E-state index contributed by atoms with van der Waals surface area (Å²) in [7, 11) is 0. The molecule has 0 radical (unpaired) electrons. The number of ether oxygens (including phenoxy) is 2. The molecule has 2 fully saturated rings. The second kappa shape index (κ2) is 8.52. The number of rotatable bonds is 4. The molecule has 180 valence electrons. The summed E-state index contributed by atoms with van der Waals surface area (Å²) in [5.41, 5.74) is -0.856. The number of para-hydroxylation sites is 1. The number of carbonyl (C=O) groups excluding carboxylic acids is 3. The first-order chi connectivity index (χ1) is 16.3. The smallest absolute Gasteiger partial charge is 0.313 e. The van der Waals surface area contributed by atoms with Gasteiger partial charge in [-0.15, -0.1) is 0 Å². The molecule has 4 heterocycles. The lowest BCUT2D eigenvalue weighted by Crippen LogP contribution is -2.59. The van der Waals surface area contributed by atoms with Crippen LogP contribution in [0.3, 0.4) is 0 Å². The minimum Gasteiger partial charge on any atom is -0.461 e. The Hall–Kier alpha value is -2.68. The number of hydrogen-bond acceptors (Lipinski definition) is 6. The minimum atomic E-state index is -1.37. The van der Waals surface area contributed by atoms with Crippen LogP contribution in [0.4, 0.5) is 5.69 Å². The third-order valence-corrected chi connectivity index (χ3v) is 7.63. The number of carbonyl (C=O) groups is 3. The molecule has 2 amide bonds. The Labute approximate surface area is 202 Å². The van der Waals surface area contributed by atoms with E-state index in [1.54, 1.807) is 48.6 Å². The molecule has 0 aromatic heterocycles. The summed E-state index contributed by atoms with van der Waals surface area (Å²) in [6.45, 7) is 3.76. The molecule has 1 aromatic rings. The molecule has 0 aliphatic carbocycles. The van der Waals surface area contributed by atoms with Gasteiger partial charge >= 0.3 is 5.97 Å². The van der Waals surface area contributed by atoms with E-state index in [1.807, 2.05) is 13.8 Å². The largest absolute Gasteiger partial charge is 0.461 e.